The number of rotatable bonds is 7. The first kappa shape index (κ1) is 16.1. The molecule has 0 unspecified atom stereocenters. The van der Waals surface area contributed by atoms with E-state index < -0.39 is 0 Å². The average molecular weight is 317 g/mol. The van der Waals surface area contributed by atoms with Crippen molar-refractivity contribution in [1.82, 2.24) is 0 Å². The van der Waals surface area contributed by atoms with Gasteiger partial charge in [0.05, 0.1) is 0 Å². The molecular weight excluding hydrogens is 294 g/mol. The molecule has 0 atom stereocenters. The van der Waals surface area contributed by atoms with Crippen LogP contribution < -0.4 is 10.1 Å². The van der Waals surface area contributed by atoms with Crippen molar-refractivity contribution in [3.05, 3.63) is 95.6 Å². The molecule has 0 heterocycles. The van der Waals surface area contributed by atoms with Gasteiger partial charge in [-0.3, -0.25) is 0 Å². The van der Waals surface area contributed by atoms with Gasteiger partial charge in [0.25, 0.3) is 0 Å². The zero-order valence-corrected chi connectivity index (χ0v) is 14.0. The number of anilines is 1. The van der Waals surface area contributed by atoms with Gasteiger partial charge in [-0.2, -0.15) is 0 Å². The maximum atomic E-state index is 5.81. The van der Waals surface area contributed by atoms with E-state index in [2.05, 4.69) is 60.8 Å². The van der Waals surface area contributed by atoms with Crippen molar-refractivity contribution in [3.8, 4) is 5.75 Å². The van der Waals surface area contributed by atoms with Crippen LogP contribution in [0.1, 0.15) is 23.6 Å². The van der Waals surface area contributed by atoms with Crippen molar-refractivity contribution in [2.45, 2.75) is 26.5 Å². The lowest BCUT2D eigenvalue weighted by Gasteiger charge is -2.09. The molecular formula is C22H23NO. The number of aryl methyl sites for hydroxylation is 1. The second-order valence-corrected chi connectivity index (χ2v) is 5.82. The fraction of sp³-hybridized carbons (Fsp3) is 0.182. The minimum absolute atomic E-state index is 0.599. The Bertz CT molecular complexity index is 733. The highest BCUT2D eigenvalue weighted by Crippen LogP contribution is 2.16. The quantitative estimate of drug-likeness (QED) is 0.626. The molecule has 0 bridgehead atoms. The highest BCUT2D eigenvalue weighted by Gasteiger charge is 1.98. The normalized spacial score (nSPS) is 10.4. The summed E-state index contributed by atoms with van der Waals surface area (Å²) in [5.74, 6) is 0.898. The Balaban J connectivity index is 1.50. The van der Waals surface area contributed by atoms with E-state index in [0.29, 0.717) is 6.61 Å². The number of ether oxygens (including phenoxy) is 1. The smallest absolute Gasteiger partial charge is 0.119 e. The average Bonchev–Trinajstić information content (AvgIpc) is 2.67. The van der Waals surface area contributed by atoms with Gasteiger partial charge in [0, 0.05) is 12.2 Å². The minimum atomic E-state index is 0.599. The van der Waals surface area contributed by atoms with Gasteiger partial charge >= 0.3 is 0 Å². The molecule has 24 heavy (non-hydrogen) atoms. The second-order valence-electron chi connectivity index (χ2n) is 5.82. The lowest BCUT2D eigenvalue weighted by Crippen LogP contribution is -2.00. The van der Waals surface area contributed by atoms with Gasteiger partial charge in [-0.05, 0) is 47.4 Å². The predicted octanol–water partition coefficient (Wildman–Crippen LogP) is 5.44. The van der Waals surface area contributed by atoms with Crippen LogP contribution in [0.25, 0.3) is 0 Å². The van der Waals surface area contributed by atoms with E-state index in [0.717, 1.165) is 24.4 Å². The van der Waals surface area contributed by atoms with E-state index in [9.17, 15) is 0 Å². The summed E-state index contributed by atoms with van der Waals surface area (Å²) in [4.78, 5) is 0. The first-order valence-corrected chi connectivity index (χ1v) is 8.42. The van der Waals surface area contributed by atoms with Crippen molar-refractivity contribution in [2.75, 3.05) is 5.32 Å². The zero-order valence-electron chi connectivity index (χ0n) is 14.0. The third kappa shape index (κ3) is 4.63. The molecule has 0 aliphatic rings. The lowest BCUT2D eigenvalue weighted by atomic mass is 10.1. The highest BCUT2D eigenvalue weighted by atomic mass is 16.5. The Morgan fingerprint density at radius 3 is 2.04 bits per heavy atom. The molecule has 3 aromatic rings. The third-order valence-corrected chi connectivity index (χ3v) is 4.03. The Morgan fingerprint density at radius 1 is 0.708 bits per heavy atom. The number of hydrogen-bond acceptors (Lipinski definition) is 2. The fourth-order valence-electron chi connectivity index (χ4n) is 2.51. The van der Waals surface area contributed by atoms with E-state index in [1.54, 1.807) is 0 Å². The Labute approximate surface area is 144 Å². The molecule has 0 spiro atoms. The van der Waals surface area contributed by atoms with Crippen molar-refractivity contribution in [3.63, 3.8) is 0 Å². The van der Waals surface area contributed by atoms with E-state index in [1.165, 1.54) is 16.7 Å². The molecule has 0 saturated heterocycles. The van der Waals surface area contributed by atoms with Gasteiger partial charge in [0.1, 0.15) is 12.4 Å². The summed E-state index contributed by atoms with van der Waals surface area (Å²) in [6.07, 6.45) is 1.07. The molecule has 0 radical (unpaired) electrons. The number of nitrogens with one attached hydrogen (secondary N) is 1. The van der Waals surface area contributed by atoms with E-state index in [-0.39, 0.29) is 0 Å². The van der Waals surface area contributed by atoms with Crippen LogP contribution in [-0.4, -0.2) is 0 Å². The van der Waals surface area contributed by atoms with Crippen molar-refractivity contribution in [2.24, 2.45) is 0 Å². The molecule has 0 aliphatic carbocycles. The van der Waals surface area contributed by atoms with Gasteiger partial charge in [0.2, 0.25) is 0 Å². The SMILES string of the molecule is CCc1ccc(NCc2ccc(OCc3ccccc3)cc2)cc1. The second kappa shape index (κ2) is 8.21. The van der Waals surface area contributed by atoms with E-state index in [1.807, 2.05) is 30.3 Å². The van der Waals surface area contributed by atoms with Gasteiger partial charge in [-0.15, -0.1) is 0 Å². The van der Waals surface area contributed by atoms with E-state index in [4.69, 9.17) is 4.74 Å². The van der Waals surface area contributed by atoms with Crippen LogP contribution in [0.15, 0.2) is 78.9 Å². The van der Waals surface area contributed by atoms with Crippen LogP contribution in [0.3, 0.4) is 0 Å². The maximum Gasteiger partial charge on any atom is 0.119 e. The van der Waals surface area contributed by atoms with Gasteiger partial charge < -0.3 is 10.1 Å². The minimum Gasteiger partial charge on any atom is -0.489 e. The van der Waals surface area contributed by atoms with E-state index >= 15 is 0 Å². The van der Waals surface area contributed by atoms with Crippen LogP contribution >= 0.6 is 0 Å². The summed E-state index contributed by atoms with van der Waals surface area (Å²) >= 11 is 0. The summed E-state index contributed by atoms with van der Waals surface area (Å²) in [6, 6.07) is 27.1. The molecule has 0 amide bonds. The first-order chi connectivity index (χ1) is 11.8. The molecule has 3 rings (SSSR count). The predicted molar refractivity (Wildman–Crippen MR) is 100 cm³/mol. The molecule has 0 aromatic heterocycles. The first-order valence-electron chi connectivity index (χ1n) is 8.42. The molecule has 0 fully saturated rings. The number of hydrogen-bond donors (Lipinski definition) is 1. The van der Waals surface area contributed by atoms with Crippen molar-refractivity contribution >= 4 is 5.69 Å². The lowest BCUT2D eigenvalue weighted by molar-refractivity contribution is 0.306. The molecule has 0 saturated carbocycles. The monoisotopic (exact) mass is 317 g/mol. The summed E-state index contributed by atoms with van der Waals surface area (Å²) < 4.78 is 5.81. The third-order valence-electron chi connectivity index (χ3n) is 4.03. The van der Waals surface area contributed by atoms with Crippen LogP contribution in [0, 0.1) is 0 Å². The van der Waals surface area contributed by atoms with Crippen molar-refractivity contribution < 1.29 is 4.74 Å². The summed E-state index contributed by atoms with van der Waals surface area (Å²) in [7, 11) is 0. The Kier molecular flexibility index (Phi) is 5.52. The van der Waals surface area contributed by atoms with Crippen LogP contribution in [0.4, 0.5) is 5.69 Å². The Morgan fingerprint density at radius 2 is 1.38 bits per heavy atom. The molecule has 2 heteroatoms. The standard InChI is InChI=1S/C22H23NO/c1-2-18-8-12-21(13-9-18)23-16-19-10-14-22(15-11-19)24-17-20-6-4-3-5-7-20/h3-15,23H,2,16-17H2,1H3. The fourth-order valence-corrected chi connectivity index (χ4v) is 2.51. The van der Waals surface area contributed by atoms with Gasteiger partial charge in [0.15, 0.2) is 0 Å². The van der Waals surface area contributed by atoms with Crippen LogP contribution in [0.5, 0.6) is 5.75 Å². The van der Waals surface area contributed by atoms with Gasteiger partial charge in [-0.25, -0.2) is 0 Å². The number of benzene rings is 3. The Hall–Kier alpha value is -2.74. The molecule has 122 valence electrons. The molecule has 1 N–H and O–H groups in total. The topological polar surface area (TPSA) is 21.3 Å². The van der Waals surface area contributed by atoms with Gasteiger partial charge in [-0.1, -0.05) is 61.5 Å². The van der Waals surface area contributed by atoms with Crippen LogP contribution in [0.2, 0.25) is 0 Å². The molecule has 0 aliphatic heterocycles. The summed E-state index contributed by atoms with van der Waals surface area (Å²) in [5, 5.41) is 3.45. The summed E-state index contributed by atoms with van der Waals surface area (Å²) in [6.45, 7) is 3.58. The highest BCUT2D eigenvalue weighted by molar-refractivity contribution is 5.45. The largest absolute Gasteiger partial charge is 0.489 e. The maximum absolute atomic E-state index is 5.81. The molecule has 3 aromatic carbocycles. The zero-order chi connectivity index (χ0) is 16.6. The molecule has 2 nitrogen and oxygen atoms in total. The summed E-state index contributed by atoms with van der Waals surface area (Å²) in [5.41, 5.74) is 4.93. The van der Waals surface area contributed by atoms with Crippen molar-refractivity contribution in [1.29, 1.82) is 0 Å². The van der Waals surface area contributed by atoms with Crippen LogP contribution in [-0.2, 0) is 19.6 Å².